The average Bonchev–Trinajstić information content (AvgIpc) is 2.61. The van der Waals surface area contributed by atoms with E-state index in [1.54, 1.807) is 0 Å². The summed E-state index contributed by atoms with van der Waals surface area (Å²) in [5.41, 5.74) is 9.67. The van der Waals surface area contributed by atoms with Crippen molar-refractivity contribution in [3.05, 3.63) is 71.8 Å². The molecule has 0 amide bonds. The number of piperazine rings is 1. The summed E-state index contributed by atoms with van der Waals surface area (Å²) in [6.07, 6.45) is 0. The summed E-state index contributed by atoms with van der Waals surface area (Å²) in [4.78, 5) is 0. The predicted molar refractivity (Wildman–Crippen MR) is 89.7 cm³/mol. The van der Waals surface area contributed by atoms with E-state index in [9.17, 15) is 0 Å². The highest BCUT2D eigenvalue weighted by atomic mass is 15.6. The largest absolute Gasteiger partial charge is 0.251 e. The highest BCUT2D eigenvalue weighted by molar-refractivity contribution is 5.14. The van der Waals surface area contributed by atoms with Gasteiger partial charge in [-0.05, 0) is 11.1 Å². The smallest absolute Gasteiger partial charge is 0.0353 e. The van der Waals surface area contributed by atoms with Gasteiger partial charge in [-0.3, -0.25) is 10.9 Å². The summed E-state index contributed by atoms with van der Waals surface area (Å²) in [5.74, 6) is 0. The molecule has 0 spiro atoms. The second-order valence-corrected chi connectivity index (χ2v) is 5.62. The molecule has 0 bridgehead atoms. The maximum atomic E-state index is 3.51. The lowest BCUT2D eigenvalue weighted by Crippen LogP contribution is -2.55. The van der Waals surface area contributed by atoms with Crippen molar-refractivity contribution in [2.45, 2.75) is 13.1 Å². The first-order chi connectivity index (χ1) is 10.9. The topological polar surface area (TPSA) is 30.5 Å². The molecule has 22 heavy (non-hydrogen) atoms. The van der Waals surface area contributed by atoms with Crippen molar-refractivity contribution in [1.29, 1.82) is 0 Å². The first-order valence-corrected chi connectivity index (χ1v) is 7.95. The van der Waals surface area contributed by atoms with Gasteiger partial charge < -0.3 is 0 Å². The third-order valence-electron chi connectivity index (χ3n) is 3.98. The van der Waals surface area contributed by atoms with Crippen molar-refractivity contribution < 1.29 is 0 Å². The Morgan fingerprint density at radius 2 is 0.955 bits per heavy atom. The van der Waals surface area contributed by atoms with Crippen molar-refractivity contribution in [2.75, 3.05) is 26.2 Å². The molecule has 1 saturated heterocycles. The van der Waals surface area contributed by atoms with Gasteiger partial charge in [0.2, 0.25) is 0 Å². The summed E-state index contributed by atoms with van der Waals surface area (Å²) < 4.78 is 0. The summed E-state index contributed by atoms with van der Waals surface area (Å²) in [5, 5.41) is 4.63. The number of nitrogens with zero attached hydrogens (tertiary/aromatic N) is 2. The Bertz CT molecular complexity index is 484. The molecule has 0 radical (unpaired) electrons. The fraction of sp³-hybridized carbons (Fsp3) is 0.333. The van der Waals surface area contributed by atoms with Crippen LogP contribution in [-0.2, 0) is 13.1 Å². The van der Waals surface area contributed by atoms with E-state index in [0.29, 0.717) is 0 Å². The molecule has 4 heteroatoms. The van der Waals surface area contributed by atoms with Crippen LogP contribution in [0.4, 0.5) is 0 Å². The van der Waals surface area contributed by atoms with Gasteiger partial charge in [0.15, 0.2) is 0 Å². The van der Waals surface area contributed by atoms with Crippen LogP contribution in [0.5, 0.6) is 0 Å². The average molecular weight is 296 g/mol. The summed E-state index contributed by atoms with van der Waals surface area (Å²) in [6.45, 7) is 5.95. The first kappa shape index (κ1) is 15.2. The van der Waals surface area contributed by atoms with Crippen molar-refractivity contribution in [2.24, 2.45) is 0 Å². The molecule has 2 aromatic rings. The van der Waals surface area contributed by atoms with Gasteiger partial charge in [-0.15, -0.1) is 0 Å². The molecule has 2 aromatic carbocycles. The monoisotopic (exact) mass is 296 g/mol. The Balaban J connectivity index is 1.35. The lowest BCUT2D eigenvalue weighted by molar-refractivity contribution is 0.0549. The SMILES string of the molecule is c1ccc(CNN2CCN(NCc3ccccc3)CC2)cc1. The van der Waals surface area contributed by atoms with Crippen LogP contribution < -0.4 is 10.9 Å². The number of hydrogen-bond donors (Lipinski definition) is 2. The van der Waals surface area contributed by atoms with Gasteiger partial charge in [-0.2, -0.15) is 0 Å². The van der Waals surface area contributed by atoms with Crippen LogP contribution >= 0.6 is 0 Å². The molecule has 116 valence electrons. The quantitative estimate of drug-likeness (QED) is 0.854. The van der Waals surface area contributed by atoms with E-state index in [-0.39, 0.29) is 0 Å². The molecular weight excluding hydrogens is 272 g/mol. The van der Waals surface area contributed by atoms with E-state index in [1.165, 1.54) is 11.1 Å². The van der Waals surface area contributed by atoms with Crippen molar-refractivity contribution >= 4 is 0 Å². The summed E-state index contributed by atoms with van der Waals surface area (Å²) in [6, 6.07) is 21.1. The van der Waals surface area contributed by atoms with Crippen LogP contribution in [0.25, 0.3) is 0 Å². The Labute approximate surface area is 132 Å². The minimum Gasteiger partial charge on any atom is -0.251 e. The van der Waals surface area contributed by atoms with Crippen molar-refractivity contribution in [1.82, 2.24) is 20.9 Å². The van der Waals surface area contributed by atoms with E-state index >= 15 is 0 Å². The highest BCUT2D eigenvalue weighted by Crippen LogP contribution is 2.02. The normalized spacial score (nSPS) is 16.7. The lowest BCUT2D eigenvalue weighted by atomic mass is 10.2. The molecule has 2 N–H and O–H groups in total. The third kappa shape index (κ3) is 4.64. The Hall–Kier alpha value is -1.72. The number of rotatable bonds is 6. The van der Waals surface area contributed by atoms with Gasteiger partial charge in [0, 0.05) is 39.3 Å². The predicted octanol–water partition coefficient (Wildman–Crippen LogP) is 2.01. The molecular formula is C18H24N4. The van der Waals surface area contributed by atoms with E-state index in [0.717, 1.165) is 39.3 Å². The second kappa shape index (κ2) is 8.06. The highest BCUT2D eigenvalue weighted by Gasteiger charge is 2.15. The van der Waals surface area contributed by atoms with E-state index in [2.05, 4.69) is 81.5 Å². The van der Waals surface area contributed by atoms with Gasteiger partial charge in [-0.1, -0.05) is 60.7 Å². The van der Waals surface area contributed by atoms with Gasteiger partial charge in [0.05, 0.1) is 0 Å². The zero-order valence-electron chi connectivity index (χ0n) is 12.9. The van der Waals surface area contributed by atoms with E-state index in [1.807, 2.05) is 0 Å². The van der Waals surface area contributed by atoms with E-state index < -0.39 is 0 Å². The number of hydrogen-bond acceptors (Lipinski definition) is 4. The molecule has 1 aliphatic heterocycles. The number of hydrazine groups is 2. The van der Waals surface area contributed by atoms with Gasteiger partial charge in [0.25, 0.3) is 0 Å². The maximum Gasteiger partial charge on any atom is 0.0353 e. The third-order valence-corrected chi connectivity index (χ3v) is 3.98. The first-order valence-electron chi connectivity index (χ1n) is 7.95. The molecule has 0 saturated carbocycles. The fourth-order valence-electron chi connectivity index (χ4n) is 2.62. The Morgan fingerprint density at radius 1 is 0.591 bits per heavy atom. The molecule has 0 aromatic heterocycles. The standard InChI is InChI=1S/C18H24N4/c1-3-7-17(8-4-1)15-19-21-11-13-22(14-12-21)20-16-18-9-5-2-6-10-18/h1-10,19-20H,11-16H2. The maximum absolute atomic E-state index is 3.51. The van der Waals surface area contributed by atoms with Gasteiger partial charge in [-0.25, -0.2) is 10.0 Å². The Morgan fingerprint density at radius 3 is 1.32 bits per heavy atom. The Kier molecular flexibility index (Phi) is 5.56. The van der Waals surface area contributed by atoms with Crippen LogP contribution in [-0.4, -0.2) is 36.2 Å². The zero-order valence-corrected chi connectivity index (χ0v) is 12.9. The molecule has 0 aliphatic carbocycles. The van der Waals surface area contributed by atoms with Crippen LogP contribution in [0.2, 0.25) is 0 Å². The van der Waals surface area contributed by atoms with Crippen LogP contribution in [0.3, 0.4) is 0 Å². The molecule has 3 rings (SSSR count). The number of benzene rings is 2. The van der Waals surface area contributed by atoms with Gasteiger partial charge >= 0.3 is 0 Å². The molecule has 1 aliphatic rings. The van der Waals surface area contributed by atoms with Crippen LogP contribution in [0.15, 0.2) is 60.7 Å². The zero-order chi connectivity index (χ0) is 15.0. The fourth-order valence-corrected chi connectivity index (χ4v) is 2.62. The minimum absolute atomic E-state index is 0.901. The summed E-state index contributed by atoms with van der Waals surface area (Å²) >= 11 is 0. The summed E-state index contributed by atoms with van der Waals surface area (Å²) in [7, 11) is 0. The van der Waals surface area contributed by atoms with Crippen molar-refractivity contribution in [3.63, 3.8) is 0 Å². The van der Waals surface area contributed by atoms with Crippen molar-refractivity contribution in [3.8, 4) is 0 Å². The van der Waals surface area contributed by atoms with Crippen LogP contribution in [0, 0.1) is 0 Å². The second-order valence-electron chi connectivity index (χ2n) is 5.62. The molecule has 1 heterocycles. The molecule has 4 nitrogen and oxygen atoms in total. The molecule has 0 atom stereocenters. The number of nitrogens with one attached hydrogen (secondary N) is 2. The van der Waals surface area contributed by atoms with E-state index in [4.69, 9.17) is 0 Å². The van der Waals surface area contributed by atoms with Crippen LogP contribution in [0.1, 0.15) is 11.1 Å². The minimum atomic E-state index is 0.901. The molecule has 0 unspecified atom stereocenters. The van der Waals surface area contributed by atoms with Gasteiger partial charge in [0.1, 0.15) is 0 Å². The molecule has 1 fully saturated rings. The lowest BCUT2D eigenvalue weighted by Gasteiger charge is -2.35.